The molecule has 0 unspecified atom stereocenters. The van der Waals surface area contributed by atoms with Crippen molar-refractivity contribution < 1.29 is 0 Å². The molecule has 0 aliphatic carbocycles. The smallest absolute Gasteiger partial charge is 0.0992 e. The molecule has 0 aliphatic rings. The summed E-state index contributed by atoms with van der Waals surface area (Å²) in [6, 6.07) is 9.54. The molecule has 0 radical (unpaired) electrons. The summed E-state index contributed by atoms with van der Waals surface area (Å²) < 4.78 is 1.96. The Morgan fingerprint density at radius 3 is 3.06 bits per heavy atom. The highest BCUT2D eigenvalue weighted by Crippen LogP contribution is 2.11. The van der Waals surface area contributed by atoms with Crippen LogP contribution in [0, 0.1) is 11.3 Å². The lowest BCUT2D eigenvalue weighted by molar-refractivity contribution is 0.837. The van der Waals surface area contributed by atoms with Gasteiger partial charge in [0.2, 0.25) is 0 Å². The molecule has 80 valence electrons. The van der Waals surface area contributed by atoms with E-state index in [0.717, 1.165) is 11.4 Å². The van der Waals surface area contributed by atoms with Crippen LogP contribution in [0.1, 0.15) is 11.3 Å². The molecule has 16 heavy (non-hydrogen) atoms. The van der Waals surface area contributed by atoms with E-state index in [4.69, 9.17) is 5.26 Å². The molecule has 4 nitrogen and oxygen atoms in total. The van der Waals surface area contributed by atoms with Gasteiger partial charge in [0, 0.05) is 18.9 Å². The number of aryl methyl sites for hydroxylation is 1. The zero-order valence-corrected chi connectivity index (χ0v) is 9.01. The Balaban J connectivity index is 2.05. The van der Waals surface area contributed by atoms with Gasteiger partial charge in [0.1, 0.15) is 0 Å². The first kappa shape index (κ1) is 10.2. The molecule has 0 spiro atoms. The van der Waals surface area contributed by atoms with Crippen LogP contribution in [0.2, 0.25) is 0 Å². The van der Waals surface area contributed by atoms with Gasteiger partial charge in [-0.2, -0.15) is 5.26 Å². The zero-order chi connectivity index (χ0) is 11.4. The number of benzene rings is 1. The van der Waals surface area contributed by atoms with Gasteiger partial charge in [-0.05, 0) is 18.2 Å². The van der Waals surface area contributed by atoms with Crippen molar-refractivity contribution in [2.45, 2.75) is 6.54 Å². The number of nitrogens with one attached hydrogen (secondary N) is 1. The van der Waals surface area contributed by atoms with Crippen molar-refractivity contribution in [3.05, 3.63) is 48.0 Å². The number of hydrogen-bond donors (Lipinski definition) is 1. The Morgan fingerprint density at radius 1 is 1.50 bits per heavy atom. The van der Waals surface area contributed by atoms with Gasteiger partial charge in [-0.1, -0.05) is 6.07 Å². The number of nitrogens with zero attached hydrogens (tertiary/aromatic N) is 3. The van der Waals surface area contributed by atoms with Crippen molar-refractivity contribution >= 4 is 5.69 Å². The highest BCUT2D eigenvalue weighted by molar-refractivity contribution is 5.49. The molecule has 1 aromatic carbocycles. The van der Waals surface area contributed by atoms with E-state index in [1.165, 1.54) is 0 Å². The third kappa shape index (κ3) is 2.20. The summed E-state index contributed by atoms with van der Waals surface area (Å²) in [5.74, 6) is 0. The van der Waals surface area contributed by atoms with Crippen molar-refractivity contribution in [3.8, 4) is 6.07 Å². The molecular formula is C12H12N4. The summed E-state index contributed by atoms with van der Waals surface area (Å²) in [6.45, 7) is 0.700. The highest BCUT2D eigenvalue weighted by Gasteiger charge is 1.98. The van der Waals surface area contributed by atoms with E-state index in [2.05, 4.69) is 16.4 Å². The maximum Gasteiger partial charge on any atom is 0.0992 e. The van der Waals surface area contributed by atoms with Crippen LogP contribution in [0.4, 0.5) is 5.69 Å². The number of imidazole rings is 1. The molecule has 0 fully saturated rings. The molecule has 0 amide bonds. The van der Waals surface area contributed by atoms with Gasteiger partial charge in [0.25, 0.3) is 0 Å². The molecule has 0 aliphatic heterocycles. The predicted octanol–water partition coefficient (Wildman–Crippen LogP) is 1.90. The standard InChI is InChI=1S/C12H12N4/c1-16-9-14-7-12(16)8-15-11-4-2-3-10(5-11)6-13/h2-5,7,9,15H,8H2,1H3. The van der Waals surface area contributed by atoms with Crippen LogP contribution in [-0.2, 0) is 13.6 Å². The van der Waals surface area contributed by atoms with Crippen LogP contribution in [0.15, 0.2) is 36.8 Å². The van der Waals surface area contributed by atoms with E-state index in [9.17, 15) is 0 Å². The fraction of sp³-hybridized carbons (Fsp3) is 0.167. The summed E-state index contributed by atoms with van der Waals surface area (Å²) in [6.07, 6.45) is 3.59. The first-order valence-corrected chi connectivity index (χ1v) is 4.99. The fourth-order valence-corrected chi connectivity index (χ4v) is 1.45. The third-order valence-electron chi connectivity index (χ3n) is 2.38. The van der Waals surface area contributed by atoms with E-state index < -0.39 is 0 Å². The van der Waals surface area contributed by atoms with Crippen LogP contribution < -0.4 is 5.32 Å². The second kappa shape index (κ2) is 4.49. The average molecular weight is 212 g/mol. The van der Waals surface area contributed by atoms with Crippen molar-refractivity contribution in [1.82, 2.24) is 9.55 Å². The lowest BCUT2D eigenvalue weighted by atomic mass is 10.2. The molecular weight excluding hydrogens is 200 g/mol. The molecule has 0 atom stereocenters. The van der Waals surface area contributed by atoms with E-state index in [0.29, 0.717) is 12.1 Å². The van der Waals surface area contributed by atoms with Gasteiger partial charge in [-0.25, -0.2) is 4.98 Å². The van der Waals surface area contributed by atoms with Gasteiger partial charge in [-0.15, -0.1) is 0 Å². The number of anilines is 1. The third-order valence-corrected chi connectivity index (χ3v) is 2.38. The molecule has 2 rings (SSSR count). The van der Waals surface area contributed by atoms with Crippen LogP contribution >= 0.6 is 0 Å². The van der Waals surface area contributed by atoms with Gasteiger partial charge in [0.05, 0.1) is 30.2 Å². The molecule has 0 bridgehead atoms. The van der Waals surface area contributed by atoms with Gasteiger partial charge >= 0.3 is 0 Å². The van der Waals surface area contributed by atoms with E-state index >= 15 is 0 Å². The predicted molar refractivity (Wildman–Crippen MR) is 61.7 cm³/mol. The summed E-state index contributed by atoms with van der Waals surface area (Å²) in [5.41, 5.74) is 2.71. The van der Waals surface area contributed by atoms with Crippen LogP contribution in [0.3, 0.4) is 0 Å². The summed E-state index contributed by atoms with van der Waals surface area (Å²) >= 11 is 0. The molecule has 1 aromatic heterocycles. The molecule has 4 heteroatoms. The largest absolute Gasteiger partial charge is 0.379 e. The van der Waals surface area contributed by atoms with Gasteiger partial charge in [0.15, 0.2) is 0 Å². The monoisotopic (exact) mass is 212 g/mol. The maximum absolute atomic E-state index is 8.77. The first-order chi connectivity index (χ1) is 7.79. The van der Waals surface area contributed by atoms with Crippen molar-refractivity contribution in [2.24, 2.45) is 7.05 Å². The maximum atomic E-state index is 8.77. The van der Waals surface area contributed by atoms with Crippen LogP contribution in [0.25, 0.3) is 0 Å². The Morgan fingerprint density at radius 2 is 2.38 bits per heavy atom. The summed E-state index contributed by atoms with van der Waals surface area (Å²) in [5, 5.41) is 12.0. The van der Waals surface area contributed by atoms with Crippen molar-refractivity contribution in [3.63, 3.8) is 0 Å². The van der Waals surface area contributed by atoms with Crippen LogP contribution in [0.5, 0.6) is 0 Å². The normalized spacial score (nSPS) is 9.75. The van der Waals surface area contributed by atoms with Gasteiger partial charge in [-0.3, -0.25) is 0 Å². The quantitative estimate of drug-likeness (QED) is 0.845. The molecule has 1 N–H and O–H groups in total. The van der Waals surface area contributed by atoms with Crippen molar-refractivity contribution in [2.75, 3.05) is 5.32 Å². The second-order valence-corrected chi connectivity index (χ2v) is 3.54. The second-order valence-electron chi connectivity index (χ2n) is 3.54. The Hall–Kier alpha value is -2.28. The zero-order valence-electron chi connectivity index (χ0n) is 9.01. The number of rotatable bonds is 3. The SMILES string of the molecule is Cn1cncc1CNc1cccc(C#N)c1. The lowest BCUT2D eigenvalue weighted by Gasteiger charge is -2.06. The Bertz CT molecular complexity index is 522. The summed E-state index contributed by atoms with van der Waals surface area (Å²) in [4.78, 5) is 4.04. The molecule has 1 heterocycles. The van der Waals surface area contributed by atoms with E-state index in [-0.39, 0.29) is 0 Å². The van der Waals surface area contributed by atoms with E-state index in [1.807, 2.05) is 36.0 Å². The Labute approximate surface area is 94.2 Å². The minimum Gasteiger partial charge on any atom is -0.379 e. The minimum atomic E-state index is 0.662. The van der Waals surface area contributed by atoms with Crippen molar-refractivity contribution in [1.29, 1.82) is 5.26 Å². The minimum absolute atomic E-state index is 0.662. The fourth-order valence-electron chi connectivity index (χ4n) is 1.45. The molecule has 0 saturated carbocycles. The van der Waals surface area contributed by atoms with Crippen LogP contribution in [-0.4, -0.2) is 9.55 Å². The number of aromatic nitrogens is 2. The molecule has 2 aromatic rings. The topological polar surface area (TPSA) is 53.6 Å². The average Bonchev–Trinajstić information content (AvgIpc) is 2.72. The Kier molecular flexibility index (Phi) is 2.88. The highest BCUT2D eigenvalue weighted by atomic mass is 15.0. The molecule has 0 saturated heterocycles. The lowest BCUT2D eigenvalue weighted by Crippen LogP contribution is -2.03. The number of nitriles is 1. The summed E-state index contributed by atoms with van der Waals surface area (Å²) in [7, 11) is 1.95. The van der Waals surface area contributed by atoms with E-state index in [1.54, 1.807) is 12.4 Å². The number of hydrogen-bond acceptors (Lipinski definition) is 3. The van der Waals surface area contributed by atoms with Gasteiger partial charge < -0.3 is 9.88 Å². The first-order valence-electron chi connectivity index (χ1n) is 4.99.